The Kier molecular flexibility index (Phi) is 7.09. The van der Waals surface area contributed by atoms with E-state index < -0.39 is 0 Å². The number of aromatic nitrogens is 5. The fourth-order valence-corrected chi connectivity index (χ4v) is 4.39. The van der Waals surface area contributed by atoms with Crippen LogP contribution < -0.4 is 10.5 Å². The lowest BCUT2D eigenvalue weighted by Gasteiger charge is -2.23. The van der Waals surface area contributed by atoms with Gasteiger partial charge in [-0.05, 0) is 38.5 Å². The van der Waals surface area contributed by atoms with Crippen LogP contribution in [-0.2, 0) is 6.61 Å². The Morgan fingerprint density at radius 1 is 1.28 bits per heavy atom. The first-order chi connectivity index (χ1) is 17.2. The van der Waals surface area contributed by atoms with Gasteiger partial charge in [0.15, 0.2) is 5.65 Å². The van der Waals surface area contributed by atoms with E-state index in [-0.39, 0.29) is 24.4 Å². The molecule has 0 fully saturated rings. The molecule has 4 aromatic rings. The second kappa shape index (κ2) is 10.1. The van der Waals surface area contributed by atoms with Crippen LogP contribution in [-0.4, -0.2) is 61.3 Å². The first-order valence-electron chi connectivity index (χ1n) is 11.4. The number of rotatable bonds is 7. The van der Waals surface area contributed by atoms with Crippen molar-refractivity contribution in [2.24, 2.45) is 0 Å². The summed E-state index contributed by atoms with van der Waals surface area (Å²) in [5, 5.41) is 15.5. The van der Waals surface area contributed by atoms with Crippen LogP contribution in [0.1, 0.15) is 47.2 Å². The van der Waals surface area contributed by atoms with Gasteiger partial charge in [0.05, 0.1) is 24.6 Å². The van der Waals surface area contributed by atoms with Gasteiger partial charge in [-0.3, -0.25) is 9.78 Å². The summed E-state index contributed by atoms with van der Waals surface area (Å²) in [5.74, 6) is 0.681. The molecule has 3 heterocycles. The summed E-state index contributed by atoms with van der Waals surface area (Å²) in [5.41, 5.74) is 10.4. The van der Waals surface area contributed by atoms with Gasteiger partial charge in [-0.2, -0.15) is 5.10 Å². The van der Waals surface area contributed by atoms with Crippen LogP contribution in [0.3, 0.4) is 0 Å². The van der Waals surface area contributed by atoms with Crippen molar-refractivity contribution in [2.75, 3.05) is 26.4 Å². The first-order valence-corrected chi connectivity index (χ1v) is 11.8. The van der Waals surface area contributed by atoms with Crippen molar-refractivity contribution < 1.29 is 14.6 Å². The van der Waals surface area contributed by atoms with Crippen LogP contribution in [0, 0.1) is 6.92 Å². The fourth-order valence-electron chi connectivity index (χ4n) is 4.18. The first kappa shape index (κ1) is 25.3. The number of hydrogen-bond acceptors (Lipinski definition) is 8. The van der Waals surface area contributed by atoms with Crippen molar-refractivity contribution in [3.63, 3.8) is 0 Å². The molecule has 1 amide bonds. The predicted octanol–water partition coefficient (Wildman–Crippen LogP) is 3.63. The van der Waals surface area contributed by atoms with E-state index in [1.807, 2.05) is 32.9 Å². The highest BCUT2D eigenvalue weighted by Crippen LogP contribution is 2.43. The molecule has 0 aliphatic rings. The molecule has 0 radical (unpaired) electrons. The molecular formula is C25H28ClN7O3. The molecule has 11 heteroatoms. The highest BCUT2D eigenvalue weighted by molar-refractivity contribution is 6.32. The van der Waals surface area contributed by atoms with Gasteiger partial charge >= 0.3 is 0 Å². The van der Waals surface area contributed by atoms with Crippen LogP contribution >= 0.6 is 11.6 Å². The van der Waals surface area contributed by atoms with Crippen LogP contribution in [0.2, 0.25) is 5.02 Å². The third-order valence-corrected chi connectivity index (χ3v) is 6.42. The smallest absolute Gasteiger partial charge is 0.271 e. The number of hydrogen-bond donors (Lipinski definition) is 2. The summed E-state index contributed by atoms with van der Waals surface area (Å²) in [6, 6.07) is 4.98. The van der Waals surface area contributed by atoms with E-state index in [1.54, 1.807) is 31.0 Å². The minimum Gasteiger partial charge on any atom is -0.493 e. The van der Waals surface area contributed by atoms with Crippen molar-refractivity contribution in [2.45, 2.75) is 33.4 Å². The van der Waals surface area contributed by atoms with Crippen LogP contribution in [0.15, 0.2) is 30.7 Å². The minimum absolute atomic E-state index is 0.185. The molecule has 4 rings (SSSR count). The summed E-state index contributed by atoms with van der Waals surface area (Å²) in [6.07, 6.45) is 3.01. The topological polar surface area (TPSA) is 132 Å². The maximum atomic E-state index is 12.3. The van der Waals surface area contributed by atoms with Crippen LogP contribution in [0.25, 0.3) is 22.2 Å². The second-order valence-corrected chi connectivity index (χ2v) is 8.93. The monoisotopic (exact) mass is 509 g/mol. The van der Waals surface area contributed by atoms with E-state index in [0.29, 0.717) is 39.8 Å². The zero-order valence-electron chi connectivity index (χ0n) is 20.8. The quantitative estimate of drug-likeness (QED) is 0.386. The van der Waals surface area contributed by atoms with E-state index in [4.69, 9.17) is 22.1 Å². The molecular weight excluding hydrogens is 482 g/mol. The van der Waals surface area contributed by atoms with Crippen molar-refractivity contribution in [3.05, 3.63) is 58.3 Å². The highest BCUT2D eigenvalue weighted by Gasteiger charge is 2.26. The van der Waals surface area contributed by atoms with Crippen LogP contribution in [0.4, 0.5) is 5.82 Å². The summed E-state index contributed by atoms with van der Waals surface area (Å²) in [7, 11) is 3.36. The number of amides is 1. The number of aliphatic hydroxyl groups is 1. The zero-order valence-corrected chi connectivity index (χ0v) is 21.5. The average Bonchev–Trinajstić information content (AvgIpc) is 3.26. The summed E-state index contributed by atoms with van der Waals surface area (Å²) >= 11 is 6.72. The number of halogens is 1. The Bertz CT molecular complexity index is 1430. The molecule has 3 N–H and O–H groups in total. The number of benzene rings is 1. The standard InChI is InChI=1S/C25H28ClN7O3/c1-6-36-22-16(14(3)33-24-21(19(11-34)31-33)23(27)29-12-30-24)9-17(26)13(2)20(22)15-7-8-18(28-10-15)25(35)32(4)5/h7-10,12,14,34H,6,11H2,1-5H3,(H2,27,29,30). The maximum absolute atomic E-state index is 12.3. The number of fused-ring (bicyclic) bond motifs is 1. The molecule has 36 heavy (non-hydrogen) atoms. The number of pyridine rings is 1. The largest absolute Gasteiger partial charge is 0.493 e. The number of carbonyl (C=O) groups excluding carboxylic acids is 1. The fraction of sp³-hybridized carbons (Fsp3) is 0.320. The van der Waals surface area contributed by atoms with Gasteiger partial charge in [0, 0.05) is 42.0 Å². The minimum atomic E-state index is -0.386. The van der Waals surface area contributed by atoms with E-state index >= 15 is 0 Å². The lowest BCUT2D eigenvalue weighted by molar-refractivity contribution is 0.0822. The van der Waals surface area contributed by atoms with Gasteiger partial charge in [0.25, 0.3) is 5.91 Å². The Balaban J connectivity index is 1.91. The molecule has 1 unspecified atom stereocenters. The predicted molar refractivity (Wildman–Crippen MR) is 138 cm³/mol. The van der Waals surface area contributed by atoms with Crippen molar-refractivity contribution in [1.29, 1.82) is 0 Å². The number of ether oxygens (including phenoxy) is 1. The number of nitrogens with zero attached hydrogens (tertiary/aromatic N) is 6. The number of carbonyl (C=O) groups is 1. The van der Waals surface area contributed by atoms with Gasteiger partial charge in [-0.25, -0.2) is 14.6 Å². The lowest BCUT2D eigenvalue weighted by Crippen LogP contribution is -2.22. The third kappa shape index (κ3) is 4.33. The van der Waals surface area contributed by atoms with Gasteiger partial charge < -0.3 is 20.5 Å². The molecule has 0 aliphatic carbocycles. The molecule has 0 bridgehead atoms. The van der Waals surface area contributed by atoms with E-state index in [2.05, 4.69) is 20.1 Å². The number of nitrogens with two attached hydrogens (primary N) is 1. The summed E-state index contributed by atoms with van der Waals surface area (Å²) < 4.78 is 7.86. The lowest BCUT2D eigenvalue weighted by atomic mass is 9.94. The van der Waals surface area contributed by atoms with Crippen molar-refractivity contribution in [3.8, 4) is 16.9 Å². The van der Waals surface area contributed by atoms with E-state index in [0.717, 1.165) is 22.3 Å². The molecule has 1 atom stereocenters. The van der Waals surface area contributed by atoms with E-state index in [1.165, 1.54) is 11.2 Å². The van der Waals surface area contributed by atoms with Gasteiger partial charge in [-0.1, -0.05) is 17.7 Å². The molecule has 10 nitrogen and oxygen atoms in total. The molecule has 1 aromatic carbocycles. The molecule has 0 saturated carbocycles. The Hall–Kier alpha value is -3.76. The maximum Gasteiger partial charge on any atom is 0.271 e. The molecule has 3 aromatic heterocycles. The van der Waals surface area contributed by atoms with Gasteiger partial charge in [0.2, 0.25) is 0 Å². The Morgan fingerprint density at radius 3 is 2.64 bits per heavy atom. The molecule has 0 aliphatic heterocycles. The van der Waals surface area contributed by atoms with Gasteiger partial charge in [0.1, 0.15) is 29.3 Å². The SMILES string of the molecule is CCOc1c(C(C)n2nc(CO)c3c(N)ncnc32)cc(Cl)c(C)c1-c1ccc(C(=O)N(C)C)nc1. The molecule has 188 valence electrons. The number of nitrogen functional groups attached to an aromatic ring is 1. The summed E-state index contributed by atoms with van der Waals surface area (Å²) in [4.78, 5) is 26.6. The van der Waals surface area contributed by atoms with Crippen molar-refractivity contribution >= 4 is 34.4 Å². The van der Waals surface area contributed by atoms with Gasteiger partial charge in [-0.15, -0.1) is 0 Å². The second-order valence-electron chi connectivity index (χ2n) is 8.52. The average molecular weight is 510 g/mol. The van der Waals surface area contributed by atoms with Crippen LogP contribution in [0.5, 0.6) is 5.75 Å². The molecule has 0 spiro atoms. The number of anilines is 1. The van der Waals surface area contributed by atoms with Crippen molar-refractivity contribution in [1.82, 2.24) is 29.6 Å². The summed E-state index contributed by atoms with van der Waals surface area (Å²) in [6.45, 7) is 5.86. The zero-order chi connectivity index (χ0) is 26.1. The Labute approximate surface area is 213 Å². The van der Waals surface area contributed by atoms with E-state index in [9.17, 15) is 9.90 Å². The third-order valence-electron chi connectivity index (χ3n) is 6.03. The highest BCUT2D eigenvalue weighted by atomic mass is 35.5. The number of aliphatic hydroxyl groups excluding tert-OH is 1. The Morgan fingerprint density at radius 2 is 2.03 bits per heavy atom. The molecule has 0 saturated heterocycles. The normalized spacial score (nSPS) is 12.1.